The Kier molecular flexibility index (Phi) is 3.74. The highest BCUT2D eigenvalue weighted by atomic mass is 16.5. The van der Waals surface area contributed by atoms with Crippen molar-refractivity contribution < 1.29 is 4.74 Å². The van der Waals surface area contributed by atoms with Crippen molar-refractivity contribution in [3.8, 4) is 5.75 Å². The molecule has 20 heavy (non-hydrogen) atoms. The molecule has 0 aliphatic heterocycles. The zero-order valence-electron chi connectivity index (χ0n) is 11.1. The van der Waals surface area contributed by atoms with Crippen LogP contribution in [0.15, 0.2) is 72.9 Å². The van der Waals surface area contributed by atoms with Crippen LogP contribution in [-0.4, -0.2) is 11.6 Å². The summed E-state index contributed by atoms with van der Waals surface area (Å²) in [5.41, 5.74) is 2.17. The first-order valence-corrected chi connectivity index (χ1v) is 6.61. The van der Waals surface area contributed by atoms with Gasteiger partial charge in [0.15, 0.2) is 0 Å². The minimum atomic E-state index is 0.556. The molecule has 2 aromatic carbocycles. The number of pyridine rings is 1. The minimum absolute atomic E-state index is 0.556. The van der Waals surface area contributed by atoms with E-state index < -0.39 is 0 Å². The number of hydrogen-bond acceptors (Lipinski definition) is 2. The molecule has 0 aliphatic carbocycles. The smallest absolute Gasteiger partial charge is 0.120 e. The zero-order chi connectivity index (χ0) is 13.6. The topological polar surface area (TPSA) is 22.1 Å². The van der Waals surface area contributed by atoms with Crippen LogP contribution in [0.25, 0.3) is 17.0 Å². The van der Waals surface area contributed by atoms with E-state index in [-0.39, 0.29) is 0 Å². The van der Waals surface area contributed by atoms with E-state index in [1.807, 2.05) is 54.6 Å². The molecule has 3 rings (SSSR count). The van der Waals surface area contributed by atoms with E-state index >= 15 is 0 Å². The lowest BCUT2D eigenvalue weighted by molar-refractivity contribution is 0.364. The zero-order valence-corrected chi connectivity index (χ0v) is 11.1. The van der Waals surface area contributed by atoms with Crippen LogP contribution in [0.3, 0.4) is 0 Å². The van der Waals surface area contributed by atoms with E-state index in [1.165, 1.54) is 5.56 Å². The van der Waals surface area contributed by atoms with E-state index in [0.29, 0.717) is 6.61 Å². The van der Waals surface area contributed by atoms with Gasteiger partial charge < -0.3 is 4.74 Å². The Labute approximate surface area is 118 Å². The number of rotatable bonds is 4. The molecule has 98 valence electrons. The third kappa shape index (κ3) is 3.04. The highest BCUT2D eigenvalue weighted by Crippen LogP contribution is 2.18. The van der Waals surface area contributed by atoms with Gasteiger partial charge in [-0.05, 0) is 35.9 Å². The summed E-state index contributed by atoms with van der Waals surface area (Å²) in [4.78, 5) is 4.29. The van der Waals surface area contributed by atoms with Crippen molar-refractivity contribution in [3.63, 3.8) is 0 Å². The van der Waals surface area contributed by atoms with Crippen LogP contribution in [0, 0.1) is 0 Å². The number of benzene rings is 2. The Balaban J connectivity index is 1.64. The van der Waals surface area contributed by atoms with Crippen LogP contribution < -0.4 is 4.74 Å². The van der Waals surface area contributed by atoms with E-state index in [1.54, 1.807) is 6.20 Å². The van der Waals surface area contributed by atoms with Gasteiger partial charge in [0.05, 0.1) is 5.52 Å². The average molecular weight is 261 g/mol. The third-order valence-corrected chi connectivity index (χ3v) is 3.03. The third-order valence-electron chi connectivity index (χ3n) is 3.03. The highest BCUT2D eigenvalue weighted by Gasteiger charge is 1.96. The van der Waals surface area contributed by atoms with Crippen molar-refractivity contribution >= 4 is 17.0 Å². The first-order chi connectivity index (χ1) is 9.92. The summed E-state index contributed by atoms with van der Waals surface area (Å²) in [5.74, 6) is 0.864. The van der Waals surface area contributed by atoms with E-state index in [0.717, 1.165) is 16.7 Å². The molecule has 0 unspecified atom stereocenters. The maximum atomic E-state index is 5.72. The molecule has 0 N–H and O–H groups in total. The molecule has 0 atom stereocenters. The van der Waals surface area contributed by atoms with Gasteiger partial charge >= 0.3 is 0 Å². The Bertz CT molecular complexity index is 720. The van der Waals surface area contributed by atoms with Gasteiger partial charge in [-0.1, -0.05) is 42.5 Å². The first-order valence-electron chi connectivity index (χ1n) is 6.61. The average Bonchev–Trinajstić information content (AvgIpc) is 2.52. The summed E-state index contributed by atoms with van der Waals surface area (Å²) >= 11 is 0. The predicted molar refractivity (Wildman–Crippen MR) is 82.7 cm³/mol. The molecule has 3 aromatic rings. The fourth-order valence-corrected chi connectivity index (χ4v) is 2.04. The van der Waals surface area contributed by atoms with Gasteiger partial charge in [0.2, 0.25) is 0 Å². The van der Waals surface area contributed by atoms with Crippen LogP contribution in [0.1, 0.15) is 5.56 Å². The second-order valence-corrected chi connectivity index (χ2v) is 4.48. The van der Waals surface area contributed by atoms with Crippen molar-refractivity contribution in [1.82, 2.24) is 4.98 Å². The Hall–Kier alpha value is -2.61. The fourth-order valence-electron chi connectivity index (χ4n) is 2.04. The first kappa shape index (κ1) is 12.4. The number of nitrogens with zero attached hydrogens (tertiary/aromatic N) is 1. The number of aromatic nitrogens is 1. The molecule has 2 nitrogen and oxygen atoms in total. The van der Waals surface area contributed by atoms with Crippen molar-refractivity contribution in [2.24, 2.45) is 0 Å². The maximum absolute atomic E-state index is 5.72. The fraction of sp³-hybridized carbons (Fsp3) is 0.0556. The predicted octanol–water partition coefficient (Wildman–Crippen LogP) is 4.33. The summed E-state index contributed by atoms with van der Waals surface area (Å²) in [6, 6.07) is 20.1. The van der Waals surface area contributed by atoms with Crippen molar-refractivity contribution in [2.45, 2.75) is 0 Å². The Morgan fingerprint density at radius 1 is 0.950 bits per heavy atom. The molecule has 0 spiro atoms. The molecule has 0 bridgehead atoms. The number of hydrogen-bond donors (Lipinski definition) is 0. The molecule has 2 heteroatoms. The molecule has 0 saturated carbocycles. The van der Waals surface area contributed by atoms with Crippen LogP contribution in [0.4, 0.5) is 0 Å². The van der Waals surface area contributed by atoms with Gasteiger partial charge in [-0.2, -0.15) is 0 Å². The molecule has 1 aromatic heterocycles. The lowest BCUT2D eigenvalue weighted by Crippen LogP contribution is -1.93. The van der Waals surface area contributed by atoms with Crippen LogP contribution in [0.5, 0.6) is 5.75 Å². The van der Waals surface area contributed by atoms with Crippen molar-refractivity contribution in [1.29, 1.82) is 0 Å². The van der Waals surface area contributed by atoms with E-state index in [9.17, 15) is 0 Å². The van der Waals surface area contributed by atoms with Crippen LogP contribution >= 0.6 is 0 Å². The van der Waals surface area contributed by atoms with Gasteiger partial charge in [-0.15, -0.1) is 0 Å². The van der Waals surface area contributed by atoms with Gasteiger partial charge in [-0.25, -0.2) is 0 Å². The summed E-state index contributed by atoms with van der Waals surface area (Å²) in [6.07, 6.45) is 5.87. The van der Waals surface area contributed by atoms with Crippen molar-refractivity contribution in [3.05, 3.63) is 78.5 Å². The lowest BCUT2D eigenvalue weighted by Gasteiger charge is -2.04. The molecule has 0 radical (unpaired) electrons. The number of fused-ring (bicyclic) bond motifs is 1. The van der Waals surface area contributed by atoms with Crippen LogP contribution in [-0.2, 0) is 0 Å². The van der Waals surface area contributed by atoms with E-state index in [4.69, 9.17) is 4.74 Å². The largest absolute Gasteiger partial charge is 0.490 e. The Morgan fingerprint density at radius 3 is 2.75 bits per heavy atom. The second kappa shape index (κ2) is 6.02. The molecule has 0 aliphatic rings. The standard InChI is InChI=1S/C18H15NO/c1-2-6-15(7-3-1)8-5-13-20-17-10-11-18-16(14-17)9-4-12-19-18/h1-12,14H,13H2/b8-5-. The van der Waals surface area contributed by atoms with Gasteiger partial charge in [0.1, 0.15) is 12.4 Å². The van der Waals surface area contributed by atoms with Gasteiger partial charge in [0, 0.05) is 11.6 Å². The summed E-state index contributed by atoms with van der Waals surface area (Å²) in [6.45, 7) is 0.556. The molecular formula is C18H15NO. The molecule has 0 amide bonds. The lowest BCUT2D eigenvalue weighted by atomic mass is 10.2. The molecule has 0 saturated heterocycles. The molecular weight excluding hydrogens is 246 g/mol. The normalized spacial score (nSPS) is 11.0. The van der Waals surface area contributed by atoms with Crippen LogP contribution in [0.2, 0.25) is 0 Å². The van der Waals surface area contributed by atoms with Gasteiger partial charge in [0.25, 0.3) is 0 Å². The summed E-state index contributed by atoms with van der Waals surface area (Å²) in [7, 11) is 0. The quantitative estimate of drug-likeness (QED) is 0.697. The van der Waals surface area contributed by atoms with Crippen molar-refractivity contribution in [2.75, 3.05) is 6.61 Å². The summed E-state index contributed by atoms with van der Waals surface area (Å²) in [5, 5.41) is 1.09. The highest BCUT2D eigenvalue weighted by molar-refractivity contribution is 5.79. The molecule has 1 heterocycles. The van der Waals surface area contributed by atoms with Gasteiger partial charge in [-0.3, -0.25) is 4.98 Å². The summed E-state index contributed by atoms with van der Waals surface area (Å²) < 4.78 is 5.72. The number of ether oxygens (including phenoxy) is 1. The second-order valence-electron chi connectivity index (χ2n) is 4.48. The maximum Gasteiger partial charge on any atom is 0.120 e. The SMILES string of the molecule is C(=C/c1ccccc1)/COc1ccc2ncccc2c1. The monoisotopic (exact) mass is 261 g/mol. The van der Waals surface area contributed by atoms with E-state index in [2.05, 4.69) is 23.2 Å². The Morgan fingerprint density at radius 2 is 1.85 bits per heavy atom. The molecule has 0 fully saturated rings. The minimum Gasteiger partial charge on any atom is -0.490 e.